The van der Waals surface area contributed by atoms with Gasteiger partial charge in [-0.3, -0.25) is 0 Å². The van der Waals surface area contributed by atoms with E-state index >= 15 is 0 Å². The minimum Gasteiger partial charge on any atom is -0.372 e. The Morgan fingerprint density at radius 2 is 1.90 bits per heavy atom. The topological polar surface area (TPSA) is 31.0 Å². The van der Waals surface area contributed by atoms with Crippen molar-refractivity contribution in [1.29, 1.82) is 0 Å². The van der Waals surface area contributed by atoms with Gasteiger partial charge in [0.25, 0.3) is 0 Å². The second-order valence-corrected chi connectivity index (χ2v) is 8.11. The Balaban J connectivity index is 1.78. The van der Waals surface area contributed by atoms with Crippen LogP contribution in [0.4, 0.5) is 0 Å². The molecule has 0 N–H and O–H groups in total. The second kappa shape index (κ2) is 7.04. The Morgan fingerprint density at radius 1 is 1.10 bits per heavy atom. The van der Waals surface area contributed by atoms with Gasteiger partial charge in [0.05, 0.1) is 35.9 Å². The van der Waals surface area contributed by atoms with Gasteiger partial charge >= 0.3 is 0 Å². The Labute approximate surface area is 147 Å². The van der Waals surface area contributed by atoms with Crippen LogP contribution in [0.25, 0.3) is 0 Å². The third-order valence-electron chi connectivity index (χ3n) is 4.35. The molecule has 3 aliphatic heterocycles. The van der Waals surface area contributed by atoms with E-state index in [1.54, 1.807) is 4.99 Å². The zero-order chi connectivity index (χ0) is 15.0. The van der Waals surface area contributed by atoms with Crippen LogP contribution in [0.1, 0.15) is 26.2 Å². The number of ether oxygens (including phenoxy) is 3. The minimum atomic E-state index is -0.0597. The van der Waals surface area contributed by atoms with E-state index in [-0.39, 0.29) is 42.0 Å². The average molecular weight is 443 g/mol. The van der Waals surface area contributed by atoms with Crippen molar-refractivity contribution in [3.05, 3.63) is 16.8 Å². The number of fused-ring (bicyclic) bond motifs is 3. The van der Waals surface area contributed by atoms with Gasteiger partial charge in [-0.1, -0.05) is 31.9 Å². The zero-order valence-corrected chi connectivity index (χ0v) is 15.7. The smallest absolute Gasteiger partial charge is 0.110 e. The molecule has 1 unspecified atom stereocenters. The van der Waals surface area contributed by atoms with Gasteiger partial charge in [-0.05, 0) is 25.8 Å². The molecule has 0 aromatic rings. The molecule has 3 rings (SSSR count). The van der Waals surface area contributed by atoms with E-state index in [2.05, 4.69) is 44.5 Å². The van der Waals surface area contributed by atoms with Crippen LogP contribution in [-0.4, -0.2) is 46.8 Å². The Bertz CT molecular complexity index is 441. The SMILES string of the molecule is C[C@@H]1OC(C=C=CBr)C[C@H]2O[C@@H](C[C@H]2Cl)[C@@H](Br)C[C@H]2O[C@H]12. The summed E-state index contributed by atoms with van der Waals surface area (Å²) in [5, 5.41) is 0.0353. The van der Waals surface area contributed by atoms with Crippen LogP contribution in [0, 0.1) is 0 Å². The molecule has 3 nitrogen and oxygen atoms in total. The lowest BCUT2D eigenvalue weighted by Gasteiger charge is -2.22. The quantitative estimate of drug-likeness (QED) is 0.351. The fraction of sp³-hybridized carbons (Fsp3) is 0.800. The molecule has 2 bridgehead atoms. The molecule has 0 amide bonds. The van der Waals surface area contributed by atoms with Crippen LogP contribution < -0.4 is 0 Å². The molecule has 0 aromatic heterocycles. The summed E-state index contributed by atoms with van der Waals surface area (Å²) in [6.07, 6.45) is 5.14. The monoisotopic (exact) mass is 440 g/mol. The van der Waals surface area contributed by atoms with Crippen molar-refractivity contribution in [1.82, 2.24) is 0 Å². The van der Waals surface area contributed by atoms with Crippen molar-refractivity contribution in [3.8, 4) is 0 Å². The molecule has 0 radical (unpaired) electrons. The van der Waals surface area contributed by atoms with E-state index in [0.717, 1.165) is 19.3 Å². The number of hydrogen-bond donors (Lipinski definition) is 0. The fourth-order valence-corrected chi connectivity index (χ4v) is 4.40. The van der Waals surface area contributed by atoms with E-state index in [4.69, 9.17) is 25.8 Å². The zero-order valence-electron chi connectivity index (χ0n) is 11.8. The van der Waals surface area contributed by atoms with E-state index < -0.39 is 0 Å². The van der Waals surface area contributed by atoms with Crippen molar-refractivity contribution in [2.45, 2.75) is 73.0 Å². The number of epoxide rings is 1. The van der Waals surface area contributed by atoms with Gasteiger partial charge in [0.1, 0.15) is 6.10 Å². The molecular weight excluding hydrogens is 423 g/mol. The molecule has 0 aliphatic carbocycles. The van der Waals surface area contributed by atoms with Crippen LogP contribution in [-0.2, 0) is 14.2 Å². The van der Waals surface area contributed by atoms with Crippen molar-refractivity contribution < 1.29 is 14.2 Å². The van der Waals surface area contributed by atoms with Gasteiger partial charge in [0.2, 0.25) is 0 Å². The summed E-state index contributed by atoms with van der Waals surface area (Å²) in [6, 6.07) is 0. The van der Waals surface area contributed by atoms with Crippen LogP contribution in [0.15, 0.2) is 16.8 Å². The molecule has 21 heavy (non-hydrogen) atoms. The lowest BCUT2D eigenvalue weighted by molar-refractivity contribution is -0.0308. The molecule has 118 valence electrons. The number of hydrogen-bond acceptors (Lipinski definition) is 3. The molecule has 3 aliphatic rings. The molecule has 3 fully saturated rings. The van der Waals surface area contributed by atoms with Gasteiger partial charge in [-0.2, -0.15) is 0 Å². The highest BCUT2D eigenvalue weighted by Crippen LogP contribution is 2.40. The molecule has 3 saturated heterocycles. The summed E-state index contributed by atoms with van der Waals surface area (Å²) in [5.74, 6) is 0. The number of alkyl halides is 2. The first kappa shape index (κ1) is 16.5. The highest BCUT2D eigenvalue weighted by atomic mass is 79.9. The number of rotatable bonds is 1. The summed E-state index contributed by atoms with van der Waals surface area (Å²) in [4.78, 5) is 1.99. The van der Waals surface area contributed by atoms with Crippen molar-refractivity contribution >= 4 is 43.5 Å². The summed E-state index contributed by atoms with van der Waals surface area (Å²) < 4.78 is 18.0. The standard InChI is InChI=1S/C15H19Br2ClO3/c1-8-15-14(21-15)6-10(17)12-7-11(18)13(20-12)5-9(19-8)3-2-4-16/h3-4,8-15H,5-7H2,1H3/t2?,8-,9?,10-,11+,12-,13+,14+,15+/m0/s1. The normalized spacial score (nSPS) is 49.5. The molecule has 0 saturated carbocycles. The summed E-state index contributed by atoms with van der Waals surface area (Å²) in [5.41, 5.74) is 3.04. The van der Waals surface area contributed by atoms with Gasteiger partial charge in [-0.25, -0.2) is 0 Å². The van der Waals surface area contributed by atoms with Crippen LogP contribution >= 0.6 is 43.5 Å². The van der Waals surface area contributed by atoms with E-state index in [0.29, 0.717) is 4.83 Å². The number of halogens is 3. The van der Waals surface area contributed by atoms with Gasteiger partial charge in [0.15, 0.2) is 0 Å². The largest absolute Gasteiger partial charge is 0.372 e. The van der Waals surface area contributed by atoms with E-state index in [1.807, 2.05) is 6.08 Å². The van der Waals surface area contributed by atoms with Crippen molar-refractivity contribution in [2.24, 2.45) is 0 Å². The minimum absolute atomic E-state index is 0.0256. The average Bonchev–Trinajstić information content (AvgIpc) is 3.11. The first-order valence-corrected chi connectivity index (χ1v) is 9.61. The van der Waals surface area contributed by atoms with Gasteiger partial charge < -0.3 is 14.2 Å². The molecule has 8 atom stereocenters. The Kier molecular flexibility index (Phi) is 5.53. The van der Waals surface area contributed by atoms with E-state index in [9.17, 15) is 0 Å². The highest BCUT2D eigenvalue weighted by Gasteiger charge is 2.48. The highest BCUT2D eigenvalue weighted by molar-refractivity contribution is 9.11. The second-order valence-electron chi connectivity index (χ2n) is 5.91. The molecule has 3 heterocycles. The molecule has 0 aromatic carbocycles. The maximum absolute atomic E-state index is 6.47. The van der Waals surface area contributed by atoms with Gasteiger partial charge in [-0.15, -0.1) is 17.3 Å². The molecular formula is C15H19Br2ClO3. The molecule has 0 spiro atoms. The predicted octanol–water partition coefficient (Wildman–Crippen LogP) is 3.91. The Morgan fingerprint density at radius 3 is 2.67 bits per heavy atom. The van der Waals surface area contributed by atoms with Crippen molar-refractivity contribution in [2.75, 3.05) is 0 Å². The third-order valence-corrected chi connectivity index (χ3v) is 6.04. The summed E-state index contributed by atoms with van der Waals surface area (Å²) in [7, 11) is 0. The summed E-state index contributed by atoms with van der Waals surface area (Å²) in [6.45, 7) is 2.07. The van der Waals surface area contributed by atoms with Gasteiger partial charge in [0, 0.05) is 16.2 Å². The lowest BCUT2D eigenvalue weighted by atomic mass is 10.0. The maximum Gasteiger partial charge on any atom is 0.110 e. The maximum atomic E-state index is 6.47. The first-order valence-electron chi connectivity index (χ1n) is 7.34. The Hall–Kier alpha value is 0.650. The van der Waals surface area contributed by atoms with Crippen LogP contribution in [0.3, 0.4) is 0 Å². The van der Waals surface area contributed by atoms with E-state index in [1.165, 1.54) is 0 Å². The van der Waals surface area contributed by atoms with Crippen LogP contribution in [0.5, 0.6) is 0 Å². The van der Waals surface area contributed by atoms with Crippen LogP contribution in [0.2, 0.25) is 0 Å². The molecule has 6 heteroatoms. The summed E-state index contributed by atoms with van der Waals surface area (Å²) >= 11 is 13.5. The third kappa shape index (κ3) is 3.95. The van der Waals surface area contributed by atoms with Crippen molar-refractivity contribution in [3.63, 3.8) is 0 Å². The predicted molar refractivity (Wildman–Crippen MR) is 89.4 cm³/mol. The lowest BCUT2D eigenvalue weighted by Crippen LogP contribution is -2.29. The first-order chi connectivity index (χ1) is 10.1. The fourth-order valence-electron chi connectivity index (χ4n) is 3.20.